The third kappa shape index (κ3) is 6.43. The first-order valence-corrected chi connectivity index (χ1v) is 13.0. The summed E-state index contributed by atoms with van der Waals surface area (Å²) in [5.74, 6) is 1.33. The highest BCUT2D eigenvalue weighted by Crippen LogP contribution is 2.40. The van der Waals surface area contributed by atoms with Gasteiger partial charge in [0, 0.05) is 36.0 Å². The largest absolute Gasteiger partial charge is 0.493 e. The summed E-state index contributed by atoms with van der Waals surface area (Å²) in [6, 6.07) is 10.9. The Morgan fingerprint density at radius 1 is 1.05 bits per heavy atom. The monoisotopic (exact) mass is 531 g/mol. The molecule has 6 nitrogen and oxygen atoms in total. The lowest BCUT2D eigenvalue weighted by atomic mass is 9.88. The van der Waals surface area contributed by atoms with Crippen LogP contribution in [0.2, 0.25) is 0 Å². The van der Waals surface area contributed by atoms with E-state index in [2.05, 4.69) is 9.88 Å². The van der Waals surface area contributed by atoms with Crippen LogP contribution in [-0.2, 0) is 11.2 Å². The maximum absolute atomic E-state index is 13.7. The number of fused-ring (bicyclic) bond motifs is 1. The maximum atomic E-state index is 13.7. The lowest BCUT2D eigenvalue weighted by molar-refractivity contribution is -0.132. The molecule has 2 aromatic carbocycles. The maximum Gasteiger partial charge on any atom is 0.393 e. The van der Waals surface area contributed by atoms with Crippen LogP contribution in [0.5, 0.6) is 11.5 Å². The summed E-state index contributed by atoms with van der Waals surface area (Å²) in [6.07, 6.45) is -2.44. The fraction of sp³-hybridized carbons (Fsp3) is 0.483. The molecule has 0 saturated carbocycles. The second-order valence-electron chi connectivity index (χ2n) is 10.2. The molecule has 0 aliphatic carbocycles. The standard InChI is InChI=1S/C29H36F3N3O3/c1-34(2)13-5-6-27(36)35-14-11-19(12-15-35)20-7-9-24-22(16-20)23(18-29(30,31)32)28(33-24)21-8-10-25(37-3)26(17-21)38-4/h7-10,16-17,19,33H,5-6,11-15,18H2,1-4H3. The van der Waals surface area contributed by atoms with Crippen LogP contribution in [0.4, 0.5) is 13.2 Å². The predicted octanol–water partition coefficient (Wildman–Crippen LogP) is 6.00. The Labute approximate surface area is 221 Å². The SMILES string of the molecule is COc1ccc(-c2[nH]c3ccc(C4CCN(C(=O)CCCN(C)C)CC4)cc3c2CC(F)(F)F)cc1OC. The number of H-pyrrole nitrogens is 1. The number of piperidine rings is 1. The molecule has 1 saturated heterocycles. The molecule has 1 aliphatic heterocycles. The number of aromatic amines is 1. The second-order valence-corrected chi connectivity index (χ2v) is 10.2. The number of rotatable bonds is 9. The number of nitrogens with zero attached hydrogens (tertiary/aromatic N) is 2. The highest BCUT2D eigenvalue weighted by atomic mass is 19.4. The topological polar surface area (TPSA) is 57.8 Å². The molecule has 0 atom stereocenters. The van der Waals surface area contributed by atoms with Crippen LogP contribution in [0.1, 0.15) is 42.7 Å². The van der Waals surface area contributed by atoms with Crippen molar-refractivity contribution >= 4 is 16.8 Å². The van der Waals surface area contributed by atoms with Gasteiger partial charge in [-0.15, -0.1) is 0 Å². The van der Waals surface area contributed by atoms with E-state index in [1.165, 1.54) is 14.2 Å². The Morgan fingerprint density at radius 2 is 1.76 bits per heavy atom. The van der Waals surface area contributed by atoms with Crippen LogP contribution in [0.15, 0.2) is 36.4 Å². The number of methoxy groups -OCH3 is 2. The summed E-state index contributed by atoms with van der Waals surface area (Å²) in [5, 5.41) is 0.576. The Kier molecular flexibility index (Phi) is 8.55. The third-order valence-electron chi connectivity index (χ3n) is 7.29. The zero-order valence-corrected chi connectivity index (χ0v) is 22.5. The molecule has 0 bridgehead atoms. The normalized spacial score (nSPS) is 14.9. The van der Waals surface area contributed by atoms with E-state index >= 15 is 0 Å². The van der Waals surface area contributed by atoms with Gasteiger partial charge in [0.1, 0.15) is 0 Å². The Bertz CT molecular complexity index is 1260. The van der Waals surface area contributed by atoms with Crippen molar-refractivity contribution in [3.05, 3.63) is 47.5 Å². The highest BCUT2D eigenvalue weighted by molar-refractivity contribution is 5.92. The summed E-state index contributed by atoms with van der Waals surface area (Å²) in [4.78, 5) is 19.8. The number of hydrogen-bond acceptors (Lipinski definition) is 4. The second kappa shape index (κ2) is 11.7. The van der Waals surface area contributed by atoms with Crippen LogP contribution in [0.3, 0.4) is 0 Å². The number of nitrogens with one attached hydrogen (secondary N) is 1. The molecular formula is C29H36F3N3O3. The van der Waals surface area contributed by atoms with Gasteiger partial charge in [0.25, 0.3) is 0 Å². The van der Waals surface area contributed by atoms with E-state index in [1.54, 1.807) is 18.2 Å². The minimum Gasteiger partial charge on any atom is -0.493 e. The first kappa shape index (κ1) is 27.8. The van der Waals surface area contributed by atoms with E-state index < -0.39 is 12.6 Å². The van der Waals surface area contributed by atoms with Crippen molar-refractivity contribution in [2.24, 2.45) is 0 Å². The van der Waals surface area contributed by atoms with Crippen molar-refractivity contribution in [2.75, 3.05) is 47.9 Å². The Morgan fingerprint density at radius 3 is 2.39 bits per heavy atom. The number of amides is 1. The zero-order chi connectivity index (χ0) is 27.4. The fourth-order valence-electron chi connectivity index (χ4n) is 5.31. The molecule has 2 heterocycles. The van der Waals surface area contributed by atoms with Gasteiger partial charge >= 0.3 is 6.18 Å². The van der Waals surface area contributed by atoms with E-state index in [9.17, 15) is 18.0 Å². The van der Waals surface area contributed by atoms with Crippen LogP contribution in [0, 0.1) is 0 Å². The molecule has 38 heavy (non-hydrogen) atoms. The highest BCUT2D eigenvalue weighted by Gasteiger charge is 2.32. The first-order chi connectivity index (χ1) is 18.1. The lowest BCUT2D eigenvalue weighted by Crippen LogP contribution is -2.38. The number of ether oxygens (including phenoxy) is 2. The van der Waals surface area contributed by atoms with Crippen molar-refractivity contribution in [1.29, 1.82) is 0 Å². The molecule has 206 valence electrons. The molecule has 1 fully saturated rings. The molecule has 1 aliphatic rings. The number of benzene rings is 2. The summed E-state index contributed by atoms with van der Waals surface area (Å²) in [7, 11) is 7.00. The minimum absolute atomic E-state index is 0.179. The van der Waals surface area contributed by atoms with Crippen molar-refractivity contribution in [3.63, 3.8) is 0 Å². The smallest absolute Gasteiger partial charge is 0.393 e. The molecule has 1 N–H and O–H groups in total. The third-order valence-corrected chi connectivity index (χ3v) is 7.29. The average molecular weight is 532 g/mol. The van der Waals surface area contributed by atoms with Crippen LogP contribution < -0.4 is 9.47 Å². The van der Waals surface area contributed by atoms with Gasteiger partial charge in [0.2, 0.25) is 5.91 Å². The zero-order valence-electron chi connectivity index (χ0n) is 22.5. The molecule has 1 aromatic heterocycles. The first-order valence-electron chi connectivity index (χ1n) is 13.0. The predicted molar refractivity (Wildman–Crippen MR) is 143 cm³/mol. The quantitative estimate of drug-likeness (QED) is 0.368. The summed E-state index contributed by atoms with van der Waals surface area (Å²) in [6.45, 7) is 2.22. The number of hydrogen-bond donors (Lipinski definition) is 1. The number of likely N-dealkylation sites (tertiary alicyclic amines) is 1. The molecule has 0 spiro atoms. The van der Waals surface area contributed by atoms with Gasteiger partial charge in [0.15, 0.2) is 11.5 Å². The number of aromatic nitrogens is 1. The van der Waals surface area contributed by atoms with E-state index in [0.717, 1.165) is 31.4 Å². The van der Waals surface area contributed by atoms with Gasteiger partial charge in [-0.3, -0.25) is 4.79 Å². The Hall–Kier alpha value is -3.20. The fourth-order valence-corrected chi connectivity index (χ4v) is 5.31. The van der Waals surface area contributed by atoms with Gasteiger partial charge < -0.3 is 24.3 Å². The summed E-state index contributed by atoms with van der Waals surface area (Å²) >= 11 is 0. The molecule has 0 unspecified atom stereocenters. The number of carbonyl (C=O) groups excluding carboxylic acids is 1. The van der Waals surface area contributed by atoms with Gasteiger partial charge in [-0.05, 0) is 87.3 Å². The molecule has 1 amide bonds. The number of carbonyl (C=O) groups is 1. The van der Waals surface area contributed by atoms with Gasteiger partial charge in [-0.1, -0.05) is 6.07 Å². The van der Waals surface area contributed by atoms with E-state index in [1.807, 2.05) is 37.2 Å². The molecular weight excluding hydrogens is 495 g/mol. The minimum atomic E-state index is -4.37. The average Bonchev–Trinajstić information content (AvgIpc) is 3.24. The van der Waals surface area contributed by atoms with Crippen molar-refractivity contribution in [2.45, 2.75) is 44.2 Å². The Balaban J connectivity index is 1.59. The summed E-state index contributed by atoms with van der Waals surface area (Å²) < 4.78 is 51.8. The van der Waals surface area contributed by atoms with Crippen molar-refractivity contribution in [1.82, 2.24) is 14.8 Å². The molecule has 4 rings (SSSR count). The summed E-state index contributed by atoms with van der Waals surface area (Å²) in [5.41, 5.74) is 2.91. The van der Waals surface area contributed by atoms with Gasteiger partial charge in [-0.25, -0.2) is 0 Å². The van der Waals surface area contributed by atoms with Crippen LogP contribution in [-0.4, -0.2) is 74.8 Å². The number of alkyl halides is 3. The van der Waals surface area contributed by atoms with Gasteiger partial charge in [0.05, 0.1) is 26.3 Å². The van der Waals surface area contributed by atoms with Crippen LogP contribution in [0.25, 0.3) is 22.2 Å². The van der Waals surface area contributed by atoms with Gasteiger partial charge in [-0.2, -0.15) is 13.2 Å². The van der Waals surface area contributed by atoms with E-state index in [4.69, 9.17) is 9.47 Å². The van der Waals surface area contributed by atoms with Crippen molar-refractivity contribution in [3.8, 4) is 22.8 Å². The molecule has 3 aromatic rings. The lowest BCUT2D eigenvalue weighted by Gasteiger charge is -2.32. The molecule has 9 heteroatoms. The number of halogens is 3. The van der Waals surface area contributed by atoms with E-state index in [-0.39, 0.29) is 17.4 Å². The molecule has 0 radical (unpaired) electrons. The van der Waals surface area contributed by atoms with E-state index in [0.29, 0.717) is 53.2 Å². The van der Waals surface area contributed by atoms with Crippen LogP contribution >= 0.6 is 0 Å². The van der Waals surface area contributed by atoms with Crippen molar-refractivity contribution < 1.29 is 27.4 Å².